The summed E-state index contributed by atoms with van der Waals surface area (Å²) in [4.78, 5) is 12.4. The van der Waals surface area contributed by atoms with Crippen molar-refractivity contribution in [2.45, 2.75) is 39.5 Å². The number of fused-ring (bicyclic) bond motifs is 1. The molecule has 0 saturated heterocycles. The lowest BCUT2D eigenvalue weighted by Crippen LogP contribution is -2.28. The van der Waals surface area contributed by atoms with E-state index in [-0.39, 0.29) is 11.7 Å². The Morgan fingerprint density at radius 2 is 1.89 bits per heavy atom. The Kier molecular flexibility index (Phi) is 4.18. The van der Waals surface area contributed by atoms with Gasteiger partial charge in [0.1, 0.15) is 0 Å². The smallest absolute Gasteiger partial charge is 0.167 e. The van der Waals surface area contributed by atoms with E-state index in [0.717, 1.165) is 18.4 Å². The first-order valence-electron chi connectivity index (χ1n) is 6.99. The van der Waals surface area contributed by atoms with Crippen LogP contribution >= 0.6 is 0 Å². The van der Waals surface area contributed by atoms with Crippen LogP contribution < -0.4 is 5.73 Å². The highest BCUT2D eigenvalue weighted by Gasteiger charge is 2.22. The first-order valence-corrected chi connectivity index (χ1v) is 6.99. The number of nitrogens with two attached hydrogens (primary N) is 1. The molecule has 0 saturated carbocycles. The third kappa shape index (κ3) is 2.64. The molecule has 18 heavy (non-hydrogen) atoms. The summed E-state index contributed by atoms with van der Waals surface area (Å²) < 4.78 is 0. The van der Waals surface area contributed by atoms with Crippen LogP contribution in [0, 0.1) is 11.8 Å². The standard InChI is InChI=1S/C16H23NO/c1-11(2)15(10-17)16(18)14-8-7-12-5-3-4-6-13(12)9-14/h7-9,11,15H,3-6,10,17H2,1-2H3. The summed E-state index contributed by atoms with van der Waals surface area (Å²) in [5, 5.41) is 0. The van der Waals surface area contributed by atoms with Gasteiger partial charge in [0, 0.05) is 18.0 Å². The molecule has 0 aromatic heterocycles. The number of rotatable bonds is 4. The molecule has 1 atom stereocenters. The van der Waals surface area contributed by atoms with Crippen LogP contribution in [0.4, 0.5) is 0 Å². The van der Waals surface area contributed by atoms with E-state index in [4.69, 9.17) is 5.73 Å². The van der Waals surface area contributed by atoms with Crippen molar-refractivity contribution in [1.82, 2.24) is 0 Å². The summed E-state index contributed by atoms with van der Waals surface area (Å²) in [6.45, 7) is 4.56. The van der Waals surface area contributed by atoms with Gasteiger partial charge in [-0.1, -0.05) is 26.0 Å². The number of hydrogen-bond acceptors (Lipinski definition) is 2. The minimum Gasteiger partial charge on any atom is -0.330 e. The molecule has 1 aromatic rings. The molecule has 2 nitrogen and oxygen atoms in total. The first-order chi connectivity index (χ1) is 8.63. The van der Waals surface area contributed by atoms with Crippen molar-refractivity contribution in [2.75, 3.05) is 6.54 Å². The maximum Gasteiger partial charge on any atom is 0.167 e. The predicted octanol–water partition coefficient (Wildman–Crippen LogP) is 2.98. The van der Waals surface area contributed by atoms with Gasteiger partial charge in [0.2, 0.25) is 0 Å². The lowest BCUT2D eigenvalue weighted by molar-refractivity contribution is 0.0892. The second-order valence-electron chi connectivity index (χ2n) is 5.64. The fraction of sp³-hybridized carbons (Fsp3) is 0.562. The molecule has 98 valence electrons. The van der Waals surface area contributed by atoms with Crippen LogP contribution in [0.15, 0.2) is 18.2 Å². The van der Waals surface area contributed by atoms with E-state index in [1.54, 1.807) is 0 Å². The molecule has 0 bridgehead atoms. The average Bonchev–Trinajstić information content (AvgIpc) is 2.38. The van der Waals surface area contributed by atoms with E-state index < -0.39 is 0 Å². The largest absolute Gasteiger partial charge is 0.330 e. The molecule has 0 amide bonds. The second kappa shape index (κ2) is 5.66. The highest BCUT2D eigenvalue weighted by molar-refractivity contribution is 5.98. The molecule has 2 heteroatoms. The monoisotopic (exact) mass is 245 g/mol. The molecule has 0 heterocycles. The van der Waals surface area contributed by atoms with Crippen LogP contribution in [-0.2, 0) is 12.8 Å². The van der Waals surface area contributed by atoms with E-state index in [0.29, 0.717) is 12.5 Å². The molecule has 0 spiro atoms. The quantitative estimate of drug-likeness (QED) is 0.829. The predicted molar refractivity (Wildman–Crippen MR) is 74.8 cm³/mol. The third-order valence-electron chi connectivity index (χ3n) is 4.03. The van der Waals surface area contributed by atoms with Gasteiger partial charge in [-0.3, -0.25) is 4.79 Å². The Bertz CT molecular complexity index is 437. The van der Waals surface area contributed by atoms with Gasteiger partial charge in [-0.2, -0.15) is 0 Å². The van der Waals surface area contributed by atoms with E-state index in [2.05, 4.69) is 26.0 Å². The Labute approximate surface area is 110 Å². The van der Waals surface area contributed by atoms with Crippen molar-refractivity contribution in [3.05, 3.63) is 34.9 Å². The van der Waals surface area contributed by atoms with Gasteiger partial charge in [0.15, 0.2) is 5.78 Å². The van der Waals surface area contributed by atoms with Crippen LogP contribution in [0.1, 0.15) is 48.2 Å². The fourth-order valence-electron chi connectivity index (χ4n) is 2.78. The van der Waals surface area contributed by atoms with Gasteiger partial charge in [-0.15, -0.1) is 0 Å². The molecule has 0 fully saturated rings. The number of hydrogen-bond donors (Lipinski definition) is 1. The van der Waals surface area contributed by atoms with Gasteiger partial charge in [0.25, 0.3) is 0 Å². The van der Waals surface area contributed by atoms with Crippen molar-refractivity contribution in [3.63, 3.8) is 0 Å². The second-order valence-corrected chi connectivity index (χ2v) is 5.64. The normalized spacial score (nSPS) is 16.4. The summed E-state index contributed by atoms with van der Waals surface area (Å²) in [7, 11) is 0. The number of benzene rings is 1. The number of aryl methyl sites for hydroxylation is 2. The minimum atomic E-state index is -0.0494. The summed E-state index contributed by atoms with van der Waals surface area (Å²) in [5.74, 6) is 0.464. The number of Topliss-reactive ketones (excluding diaryl/α,β-unsaturated/α-hetero) is 1. The van der Waals surface area contributed by atoms with Crippen molar-refractivity contribution in [2.24, 2.45) is 17.6 Å². The molecular formula is C16H23NO. The third-order valence-corrected chi connectivity index (χ3v) is 4.03. The molecule has 0 radical (unpaired) electrons. The topological polar surface area (TPSA) is 43.1 Å². The summed E-state index contributed by atoms with van der Waals surface area (Å²) in [5.41, 5.74) is 9.37. The average molecular weight is 245 g/mol. The number of carbonyl (C=O) groups is 1. The minimum absolute atomic E-state index is 0.0494. The van der Waals surface area contributed by atoms with E-state index in [1.165, 1.54) is 24.0 Å². The van der Waals surface area contributed by atoms with Gasteiger partial charge >= 0.3 is 0 Å². The zero-order chi connectivity index (χ0) is 13.1. The zero-order valence-electron chi connectivity index (χ0n) is 11.4. The fourth-order valence-corrected chi connectivity index (χ4v) is 2.78. The SMILES string of the molecule is CC(C)C(CN)C(=O)c1ccc2c(c1)CCCC2. The lowest BCUT2D eigenvalue weighted by atomic mass is 9.85. The molecule has 2 rings (SSSR count). The number of ketones is 1. The molecular weight excluding hydrogens is 222 g/mol. The van der Waals surface area contributed by atoms with Crippen molar-refractivity contribution in [1.29, 1.82) is 0 Å². The molecule has 2 N–H and O–H groups in total. The van der Waals surface area contributed by atoms with Gasteiger partial charge in [-0.05, 0) is 48.8 Å². The first kappa shape index (κ1) is 13.3. The molecule has 1 aliphatic rings. The Morgan fingerprint density at radius 1 is 1.22 bits per heavy atom. The van der Waals surface area contributed by atoms with Crippen LogP contribution in [-0.4, -0.2) is 12.3 Å². The van der Waals surface area contributed by atoms with Gasteiger partial charge in [0.05, 0.1) is 0 Å². The molecule has 0 aliphatic heterocycles. The van der Waals surface area contributed by atoms with Crippen LogP contribution in [0.5, 0.6) is 0 Å². The molecule has 1 aromatic carbocycles. The van der Waals surface area contributed by atoms with Gasteiger partial charge in [-0.25, -0.2) is 0 Å². The molecule has 1 aliphatic carbocycles. The zero-order valence-corrected chi connectivity index (χ0v) is 11.4. The Balaban J connectivity index is 2.25. The summed E-state index contributed by atoms with van der Waals surface area (Å²) in [6.07, 6.45) is 4.80. The highest BCUT2D eigenvalue weighted by Crippen LogP contribution is 2.24. The number of carbonyl (C=O) groups excluding carboxylic acids is 1. The van der Waals surface area contributed by atoms with E-state index >= 15 is 0 Å². The van der Waals surface area contributed by atoms with E-state index in [9.17, 15) is 4.79 Å². The lowest BCUT2D eigenvalue weighted by Gasteiger charge is -2.20. The maximum absolute atomic E-state index is 12.4. The Morgan fingerprint density at radius 3 is 2.50 bits per heavy atom. The summed E-state index contributed by atoms with van der Waals surface area (Å²) >= 11 is 0. The highest BCUT2D eigenvalue weighted by atomic mass is 16.1. The van der Waals surface area contributed by atoms with Crippen LogP contribution in [0.3, 0.4) is 0 Å². The van der Waals surface area contributed by atoms with Gasteiger partial charge < -0.3 is 5.73 Å². The van der Waals surface area contributed by atoms with Crippen molar-refractivity contribution in [3.8, 4) is 0 Å². The molecule has 1 unspecified atom stereocenters. The van der Waals surface area contributed by atoms with Crippen molar-refractivity contribution < 1.29 is 4.79 Å². The summed E-state index contributed by atoms with van der Waals surface area (Å²) in [6, 6.07) is 6.22. The van der Waals surface area contributed by atoms with Crippen molar-refractivity contribution >= 4 is 5.78 Å². The van der Waals surface area contributed by atoms with Crippen LogP contribution in [0.25, 0.3) is 0 Å². The van der Waals surface area contributed by atoms with Crippen LogP contribution in [0.2, 0.25) is 0 Å². The maximum atomic E-state index is 12.4. The Hall–Kier alpha value is -1.15. The van der Waals surface area contributed by atoms with E-state index in [1.807, 2.05) is 6.07 Å².